The number of esters is 1. The minimum absolute atomic E-state index is 0.0761. The van der Waals surface area contributed by atoms with Crippen LogP contribution in [-0.4, -0.2) is 29.4 Å². The number of amides is 2. The lowest BCUT2D eigenvalue weighted by Crippen LogP contribution is -2.44. The molecule has 150 valence electrons. The Labute approximate surface area is 173 Å². The van der Waals surface area contributed by atoms with Gasteiger partial charge in [-0.15, -0.1) is 0 Å². The Morgan fingerprint density at radius 2 is 1.44 bits per heavy atom. The molecule has 0 saturated heterocycles. The van der Waals surface area contributed by atoms with Crippen LogP contribution in [0.5, 0.6) is 5.75 Å². The van der Waals surface area contributed by atoms with E-state index in [0.29, 0.717) is 3.57 Å². The molecule has 0 N–H and O–H groups in total. The van der Waals surface area contributed by atoms with Crippen molar-refractivity contribution in [3.05, 3.63) is 21.8 Å². The molecule has 1 rings (SSSR count). The van der Waals surface area contributed by atoms with Crippen molar-refractivity contribution >= 4 is 46.4 Å². The van der Waals surface area contributed by atoms with Crippen LogP contribution in [0.4, 0.5) is 15.3 Å². The van der Waals surface area contributed by atoms with Gasteiger partial charge in [0.2, 0.25) is 0 Å². The lowest BCUT2D eigenvalue weighted by Gasteiger charge is -2.29. The Bertz CT molecular complexity index is 690. The van der Waals surface area contributed by atoms with Gasteiger partial charge in [0.25, 0.3) is 0 Å². The van der Waals surface area contributed by atoms with Gasteiger partial charge in [0.1, 0.15) is 16.9 Å². The van der Waals surface area contributed by atoms with Crippen molar-refractivity contribution in [3.8, 4) is 5.75 Å². The summed E-state index contributed by atoms with van der Waals surface area (Å²) >= 11 is 1.96. The van der Waals surface area contributed by atoms with Crippen LogP contribution in [0.15, 0.2) is 18.2 Å². The van der Waals surface area contributed by atoms with Crippen molar-refractivity contribution in [1.82, 2.24) is 0 Å². The number of halogens is 1. The van der Waals surface area contributed by atoms with E-state index >= 15 is 0 Å². The van der Waals surface area contributed by atoms with Gasteiger partial charge in [-0.25, -0.2) is 9.59 Å². The molecule has 27 heavy (non-hydrogen) atoms. The van der Waals surface area contributed by atoms with E-state index in [1.54, 1.807) is 60.6 Å². The summed E-state index contributed by atoms with van der Waals surface area (Å²) in [5, 5.41) is 0. The molecule has 0 bridgehead atoms. The monoisotopic (exact) mass is 491 g/mol. The van der Waals surface area contributed by atoms with E-state index in [4.69, 9.17) is 14.2 Å². The number of nitrogens with zero attached hydrogens (tertiary/aromatic N) is 1. The summed E-state index contributed by atoms with van der Waals surface area (Å²) < 4.78 is 16.6. The molecule has 0 unspecified atom stereocenters. The Morgan fingerprint density at radius 3 is 1.85 bits per heavy atom. The highest BCUT2D eigenvalue weighted by atomic mass is 127. The minimum Gasteiger partial charge on any atom is -0.443 e. The first-order chi connectivity index (χ1) is 12.2. The molecule has 0 spiro atoms. The first-order valence-corrected chi connectivity index (χ1v) is 9.58. The largest absolute Gasteiger partial charge is 0.443 e. The summed E-state index contributed by atoms with van der Waals surface area (Å²) in [5.41, 5.74) is -1.59. The molecular formula is C19H26INO6. The van der Waals surface area contributed by atoms with Crippen molar-refractivity contribution in [3.63, 3.8) is 0 Å². The molecule has 0 radical (unpaired) electrons. The number of carbonyl (C=O) groups excluding carboxylic acids is 3. The molecule has 2 amide bonds. The summed E-state index contributed by atoms with van der Waals surface area (Å²) in [6.45, 7) is 11.8. The number of carbonyl (C=O) groups is 3. The molecule has 7 nitrogen and oxygen atoms in total. The maximum atomic E-state index is 12.8. The normalized spacial score (nSPS) is 11.6. The van der Waals surface area contributed by atoms with E-state index in [2.05, 4.69) is 0 Å². The van der Waals surface area contributed by atoms with Gasteiger partial charge in [0, 0.05) is 6.42 Å². The fourth-order valence-corrected chi connectivity index (χ4v) is 2.44. The number of hydrogen-bond donors (Lipinski definition) is 0. The van der Waals surface area contributed by atoms with Crippen LogP contribution in [0.2, 0.25) is 0 Å². The molecule has 0 aliphatic carbocycles. The van der Waals surface area contributed by atoms with Gasteiger partial charge < -0.3 is 14.2 Å². The number of benzene rings is 1. The molecule has 0 aliphatic rings. The quantitative estimate of drug-likeness (QED) is 0.325. The standard InChI is InChI=1S/C19H26INO6/c1-8-14(22)25-15-12(20)10-9-11-13(15)21(16(23)26-18(2,3)4)17(24)27-19(5,6)7/h9-11H,8H2,1-7H3. The zero-order chi connectivity index (χ0) is 21.0. The van der Waals surface area contributed by atoms with Crippen molar-refractivity contribution in [2.24, 2.45) is 0 Å². The number of ether oxygens (including phenoxy) is 3. The summed E-state index contributed by atoms with van der Waals surface area (Å²) in [4.78, 5) is 38.1. The van der Waals surface area contributed by atoms with Crippen molar-refractivity contribution < 1.29 is 28.6 Å². The zero-order valence-corrected chi connectivity index (χ0v) is 18.9. The second kappa shape index (κ2) is 8.90. The predicted octanol–water partition coefficient (Wildman–Crippen LogP) is 5.28. The highest BCUT2D eigenvalue weighted by Gasteiger charge is 2.35. The van der Waals surface area contributed by atoms with Gasteiger partial charge in [0.15, 0.2) is 5.75 Å². The number of rotatable bonds is 3. The van der Waals surface area contributed by atoms with E-state index in [0.717, 1.165) is 4.90 Å². The van der Waals surface area contributed by atoms with Gasteiger partial charge in [-0.2, -0.15) is 4.90 Å². The predicted molar refractivity (Wildman–Crippen MR) is 110 cm³/mol. The first kappa shape index (κ1) is 23.2. The SMILES string of the molecule is CCC(=O)Oc1c(I)cccc1N(C(=O)OC(C)(C)C)C(=O)OC(C)(C)C. The molecule has 0 fully saturated rings. The van der Waals surface area contributed by atoms with Crippen LogP contribution in [-0.2, 0) is 14.3 Å². The molecule has 1 aromatic rings. The minimum atomic E-state index is -0.924. The van der Waals surface area contributed by atoms with Gasteiger partial charge >= 0.3 is 18.2 Å². The van der Waals surface area contributed by atoms with Gasteiger partial charge in [-0.3, -0.25) is 4.79 Å². The van der Waals surface area contributed by atoms with Gasteiger partial charge in [-0.1, -0.05) is 13.0 Å². The van der Waals surface area contributed by atoms with Crippen LogP contribution < -0.4 is 9.64 Å². The van der Waals surface area contributed by atoms with Crippen LogP contribution in [0.25, 0.3) is 0 Å². The first-order valence-electron chi connectivity index (χ1n) is 8.50. The van der Waals surface area contributed by atoms with E-state index in [-0.39, 0.29) is 17.9 Å². The lowest BCUT2D eigenvalue weighted by molar-refractivity contribution is -0.134. The van der Waals surface area contributed by atoms with Crippen LogP contribution in [0, 0.1) is 3.57 Å². The summed E-state index contributed by atoms with van der Waals surface area (Å²) in [6.07, 6.45) is -1.70. The lowest BCUT2D eigenvalue weighted by atomic mass is 10.2. The van der Waals surface area contributed by atoms with Crippen molar-refractivity contribution in [1.29, 1.82) is 0 Å². The van der Waals surface area contributed by atoms with Crippen LogP contribution in [0.3, 0.4) is 0 Å². The molecule has 1 aromatic carbocycles. The molecule has 0 atom stereocenters. The molecule has 0 saturated carbocycles. The summed E-state index contributed by atoms with van der Waals surface area (Å²) in [7, 11) is 0. The van der Waals surface area contributed by atoms with Crippen LogP contribution >= 0.6 is 22.6 Å². The highest BCUT2D eigenvalue weighted by Crippen LogP contribution is 2.35. The Kier molecular flexibility index (Phi) is 7.65. The maximum Gasteiger partial charge on any atom is 0.424 e. The summed E-state index contributed by atoms with van der Waals surface area (Å²) in [6, 6.07) is 4.83. The van der Waals surface area contributed by atoms with E-state index < -0.39 is 29.4 Å². The third-order valence-electron chi connectivity index (χ3n) is 2.84. The van der Waals surface area contributed by atoms with E-state index in [1.165, 1.54) is 6.07 Å². The molecule has 0 heterocycles. The number of imide groups is 1. The van der Waals surface area contributed by atoms with Crippen molar-refractivity contribution in [2.45, 2.75) is 66.1 Å². The summed E-state index contributed by atoms with van der Waals surface area (Å²) in [5.74, 6) is -0.393. The molecule has 0 aliphatic heterocycles. The Balaban J connectivity index is 3.46. The zero-order valence-electron chi connectivity index (χ0n) is 16.7. The van der Waals surface area contributed by atoms with Crippen molar-refractivity contribution in [2.75, 3.05) is 4.90 Å². The Morgan fingerprint density at radius 1 is 0.963 bits per heavy atom. The average Bonchev–Trinajstić information content (AvgIpc) is 2.46. The Hall–Kier alpha value is -1.84. The number of anilines is 1. The van der Waals surface area contributed by atoms with Crippen LogP contribution in [0.1, 0.15) is 54.9 Å². The van der Waals surface area contributed by atoms with E-state index in [9.17, 15) is 14.4 Å². The molecule has 8 heteroatoms. The topological polar surface area (TPSA) is 82.1 Å². The second-order valence-electron chi connectivity index (χ2n) is 7.71. The molecule has 0 aromatic heterocycles. The number of para-hydroxylation sites is 1. The van der Waals surface area contributed by atoms with E-state index in [1.807, 2.05) is 22.6 Å². The average molecular weight is 491 g/mol. The maximum absolute atomic E-state index is 12.8. The second-order valence-corrected chi connectivity index (χ2v) is 8.87. The third-order valence-corrected chi connectivity index (χ3v) is 3.69. The molecular weight excluding hydrogens is 465 g/mol. The van der Waals surface area contributed by atoms with Gasteiger partial charge in [-0.05, 0) is 76.3 Å². The fraction of sp³-hybridized carbons (Fsp3) is 0.526. The van der Waals surface area contributed by atoms with Gasteiger partial charge in [0.05, 0.1) is 3.57 Å². The smallest absolute Gasteiger partial charge is 0.424 e. The third kappa shape index (κ3) is 7.36. The highest BCUT2D eigenvalue weighted by molar-refractivity contribution is 14.1. The fourth-order valence-electron chi connectivity index (χ4n) is 1.85. The number of hydrogen-bond acceptors (Lipinski definition) is 6.